The van der Waals surface area contributed by atoms with Crippen LogP contribution in [0.2, 0.25) is 0 Å². The van der Waals surface area contributed by atoms with Gasteiger partial charge in [-0.25, -0.2) is 0 Å². The molecule has 1 aromatic carbocycles. The predicted octanol–water partition coefficient (Wildman–Crippen LogP) is 2.09. The third-order valence-corrected chi connectivity index (χ3v) is 4.03. The second-order valence-electron chi connectivity index (χ2n) is 5.14. The first-order valence-corrected chi connectivity index (χ1v) is 7.20. The third kappa shape index (κ3) is 3.10. The van der Waals surface area contributed by atoms with Crippen molar-refractivity contribution in [1.82, 2.24) is 4.90 Å². The number of likely N-dealkylation sites (tertiary alicyclic amines) is 1. The van der Waals surface area contributed by atoms with Crippen LogP contribution in [0.15, 0.2) is 18.2 Å². The van der Waals surface area contributed by atoms with Gasteiger partial charge < -0.3 is 15.4 Å². The van der Waals surface area contributed by atoms with Gasteiger partial charge in [0.25, 0.3) is 0 Å². The van der Waals surface area contributed by atoms with Crippen LogP contribution in [-0.4, -0.2) is 29.5 Å². The van der Waals surface area contributed by atoms with Crippen molar-refractivity contribution in [3.63, 3.8) is 0 Å². The lowest BCUT2D eigenvalue weighted by atomic mass is 10.1. The second kappa shape index (κ2) is 6.22. The molecule has 5 heteroatoms. The molecule has 1 fully saturated rings. The molecule has 0 spiro atoms. The first-order chi connectivity index (χ1) is 9.55. The van der Waals surface area contributed by atoms with Crippen molar-refractivity contribution in [3.05, 3.63) is 29.3 Å². The van der Waals surface area contributed by atoms with Crippen LogP contribution in [0.3, 0.4) is 0 Å². The van der Waals surface area contributed by atoms with Crippen LogP contribution in [-0.2, 0) is 11.3 Å². The van der Waals surface area contributed by atoms with Gasteiger partial charge >= 0.3 is 0 Å². The number of rotatable bonds is 5. The average molecular weight is 292 g/mol. The summed E-state index contributed by atoms with van der Waals surface area (Å²) in [6.07, 6.45) is 1.68. The monoisotopic (exact) mass is 292 g/mol. The van der Waals surface area contributed by atoms with Gasteiger partial charge in [0, 0.05) is 30.6 Å². The highest BCUT2D eigenvalue weighted by atomic mass is 32.1. The van der Waals surface area contributed by atoms with Crippen LogP contribution >= 0.6 is 12.2 Å². The lowest BCUT2D eigenvalue weighted by molar-refractivity contribution is -0.128. The van der Waals surface area contributed by atoms with Gasteiger partial charge in [-0.2, -0.15) is 0 Å². The number of carbonyl (C=O) groups excluding carboxylic acids is 1. The standard InChI is InChI=1S/C15H20N2O2S/c1-3-10-6-14(18)17(8-10)9-12-7-11(15(16)20)4-5-13(12)19-2/h4-5,7,10H,3,6,8-9H2,1-2H3,(H2,16,20). The van der Waals surface area contributed by atoms with Gasteiger partial charge in [-0.1, -0.05) is 25.6 Å². The first-order valence-electron chi connectivity index (χ1n) is 6.79. The highest BCUT2D eigenvalue weighted by Gasteiger charge is 2.28. The Morgan fingerprint density at radius 1 is 1.55 bits per heavy atom. The molecule has 2 N–H and O–H groups in total. The van der Waals surface area contributed by atoms with Crippen LogP contribution in [0.1, 0.15) is 30.9 Å². The molecule has 1 aliphatic heterocycles. The van der Waals surface area contributed by atoms with Gasteiger partial charge in [-0.15, -0.1) is 0 Å². The highest BCUT2D eigenvalue weighted by molar-refractivity contribution is 7.80. The molecule has 20 heavy (non-hydrogen) atoms. The fourth-order valence-electron chi connectivity index (χ4n) is 2.54. The van der Waals surface area contributed by atoms with Crippen molar-refractivity contribution in [2.45, 2.75) is 26.3 Å². The topological polar surface area (TPSA) is 55.6 Å². The van der Waals surface area contributed by atoms with Crippen LogP contribution in [0.25, 0.3) is 0 Å². The molecule has 0 aromatic heterocycles. The van der Waals surface area contributed by atoms with E-state index in [0.29, 0.717) is 23.9 Å². The molecule has 0 radical (unpaired) electrons. The molecular formula is C15H20N2O2S. The molecule has 0 aliphatic carbocycles. The van der Waals surface area contributed by atoms with Crippen molar-refractivity contribution in [2.24, 2.45) is 11.7 Å². The zero-order valence-electron chi connectivity index (χ0n) is 11.9. The summed E-state index contributed by atoms with van der Waals surface area (Å²) in [6.45, 7) is 3.49. The van der Waals surface area contributed by atoms with E-state index in [0.717, 1.165) is 29.8 Å². The summed E-state index contributed by atoms with van der Waals surface area (Å²) >= 11 is 5.00. The molecule has 0 bridgehead atoms. The molecule has 1 unspecified atom stereocenters. The van der Waals surface area contributed by atoms with Crippen LogP contribution in [0.5, 0.6) is 5.75 Å². The van der Waals surface area contributed by atoms with E-state index in [1.54, 1.807) is 7.11 Å². The van der Waals surface area contributed by atoms with Gasteiger partial charge in [0.1, 0.15) is 10.7 Å². The maximum absolute atomic E-state index is 12.0. The minimum Gasteiger partial charge on any atom is -0.496 e. The summed E-state index contributed by atoms with van der Waals surface area (Å²) in [5, 5.41) is 0. The number of methoxy groups -OCH3 is 1. The predicted molar refractivity (Wildman–Crippen MR) is 82.7 cm³/mol. The molecule has 1 aliphatic rings. The Balaban J connectivity index is 2.21. The van der Waals surface area contributed by atoms with Gasteiger partial charge in [0.2, 0.25) is 5.91 Å². The molecule has 1 saturated heterocycles. The third-order valence-electron chi connectivity index (χ3n) is 3.80. The molecule has 1 amide bonds. The summed E-state index contributed by atoms with van der Waals surface area (Å²) in [4.78, 5) is 14.2. The van der Waals surface area contributed by atoms with Crippen molar-refractivity contribution < 1.29 is 9.53 Å². The number of hydrogen-bond acceptors (Lipinski definition) is 3. The van der Waals surface area contributed by atoms with Crippen LogP contribution in [0.4, 0.5) is 0 Å². The SMILES string of the molecule is CCC1CC(=O)N(Cc2cc(C(N)=S)ccc2OC)C1. The molecule has 0 saturated carbocycles. The largest absolute Gasteiger partial charge is 0.496 e. The molecule has 1 heterocycles. The molecule has 1 atom stereocenters. The Labute approximate surface area is 124 Å². The molecule has 2 rings (SSSR count). The molecular weight excluding hydrogens is 272 g/mol. The second-order valence-corrected chi connectivity index (χ2v) is 5.58. The normalized spacial score (nSPS) is 18.4. The van der Waals surface area contributed by atoms with E-state index in [4.69, 9.17) is 22.7 Å². The number of benzene rings is 1. The number of amides is 1. The summed E-state index contributed by atoms with van der Waals surface area (Å²) in [7, 11) is 1.62. The number of hydrogen-bond donors (Lipinski definition) is 1. The molecule has 108 valence electrons. The van der Waals surface area contributed by atoms with E-state index in [1.807, 2.05) is 23.1 Å². The van der Waals surface area contributed by atoms with Crippen molar-refractivity contribution in [2.75, 3.05) is 13.7 Å². The quantitative estimate of drug-likeness (QED) is 0.844. The van der Waals surface area contributed by atoms with E-state index in [2.05, 4.69) is 6.92 Å². The minimum atomic E-state index is 0.208. The Bertz CT molecular complexity index is 531. The van der Waals surface area contributed by atoms with E-state index in [9.17, 15) is 4.79 Å². The van der Waals surface area contributed by atoms with Crippen LogP contribution < -0.4 is 10.5 Å². The first kappa shape index (κ1) is 14.8. The zero-order chi connectivity index (χ0) is 14.7. The number of ether oxygens (including phenoxy) is 1. The summed E-state index contributed by atoms with van der Waals surface area (Å²) in [6, 6.07) is 5.60. The minimum absolute atomic E-state index is 0.208. The van der Waals surface area contributed by atoms with E-state index in [-0.39, 0.29) is 5.91 Å². The highest BCUT2D eigenvalue weighted by Crippen LogP contribution is 2.26. The Morgan fingerprint density at radius 3 is 2.85 bits per heavy atom. The lowest BCUT2D eigenvalue weighted by Gasteiger charge is -2.19. The summed E-state index contributed by atoms with van der Waals surface area (Å²) in [5.41, 5.74) is 7.41. The maximum atomic E-state index is 12.0. The summed E-state index contributed by atoms with van der Waals surface area (Å²) in [5.74, 6) is 1.43. The smallest absolute Gasteiger partial charge is 0.223 e. The summed E-state index contributed by atoms with van der Waals surface area (Å²) < 4.78 is 5.36. The van der Waals surface area contributed by atoms with Gasteiger partial charge in [0.05, 0.1) is 7.11 Å². The number of nitrogens with zero attached hydrogens (tertiary/aromatic N) is 1. The Kier molecular flexibility index (Phi) is 4.60. The lowest BCUT2D eigenvalue weighted by Crippen LogP contribution is -2.25. The fourth-order valence-corrected chi connectivity index (χ4v) is 2.67. The number of carbonyl (C=O) groups is 1. The molecule has 4 nitrogen and oxygen atoms in total. The molecule has 1 aromatic rings. The van der Waals surface area contributed by atoms with E-state index in [1.165, 1.54) is 0 Å². The Morgan fingerprint density at radius 2 is 2.30 bits per heavy atom. The van der Waals surface area contributed by atoms with Crippen LogP contribution in [0, 0.1) is 5.92 Å². The van der Waals surface area contributed by atoms with E-state index >= 15 is 0 Å². The van der Waals surface area contributed by atoms with E-state index < -0.39 is 0 Å². The van der Waals surface area contributed by atoms with Crippen molar-refractivity contribution >= 4 is 23.1 Å². The average Bonchev–Trinajstić information content (AvgIpc) is 2.79. The van der Waals surface area contributed by atoms with Gasteiger partial charge in [-0.05, 0) is 24.1 Å². The number of thiocarbonyl (C=S) groups is 1. The fraction of sp³-hybridized carbons (Fsp3) is 0.467. The maximum Gasteiger partial charge on any atom is 0.223 e. The Hall–Kier alpha value is -1.62. The van der Waals surface area contributed by atoms with Gasteiger partial charge in [0.15, 0.2) is 0 Å². The van der Waals surface area contributed by atoms with Gasteiger partial charge in [-0.3, -0.25) is 4.79 Å². The van der Waals surface area contributed by atoms with Crippen molar-refractivity contribution in [1.29, 1.82) is 0 Å². The zero-order valence-corrected chi connectivity index (χ0v) is 12.7. The number of nitrogens with two attached hydrogens (primary N) is 1. The van der Waals surface area contributed by atoms with Crippen molar-refractivity contribution in [3.8, 4) is 5.75 Å².